The Morgan fingerprint density at radius 2 is 2.12 bits per heavy atom. The first-order valence-corrected chi connectivity index (χ1v) is 9.08. The minimum atomic E-state index is -0.449. The minimum Gasteiger partial charge on any atom is -0.468 e. The summed E-state index contributed by atoms with van der Waals surface area (Å²) in [5.41, 5.74) is 1.89. The second-order valence-electron chi connectivity index (χ2n) is 5.66. The fourth-order valence-electron chi connectivity index (χ4n) is 2.92. The lowest BCUT2D eigenvalue weighted by molar-refractivity contribution is -0.125. The number of thioether (sulfide) groups is 1. The van der Waals surface area contributed by atoms with Gasteiger partial charge in [-0.1, -0.05) is 18.2 Å². The van der Waals surface area contributed by atoms with Crippen molar-refractivity contribution in [2.24, 2.45) is 0 Å². The zero-order valence-electron chi connectivity index (χ0n) is 13.5. The van der Waals surface area contributed by atoms with Gasteiger partial charge in [-0.25, -0.2) is 0 Å². The lowest BCUT2D eigenvalue weighted by Crippen LogP contribution is -2.47. The smallest absolute Gasteiger partial charge is 0.243 e. The highest BCUT2D eigenvalue weighted by molar-refractivity contribution is 7.98. The molecule has 2 aromatic rings. The van der Waals surface area contributed by atoms with E-state index >= 15 is 0 Å². The van der Waals surface area contributed by atoms with Gasteiger partial charge in [0.05, 0.1) is 12.0 Å². The minimum absolute atomic E-state index is 0.0972. The van der Waals surface area contributed by atoms with E-state index in [2.05, 4.69) is 5.32 Å². The number of furan rings is 1. The van der Waals surface area contributed by atoms with E-state index in [1.54, 1.807) is 22.9 Å². The molecule has 0 saturated carbocycles. The molecule has 2 heterocycles. The zero-order valence-corrected chi connectivity index (χ0v) is 14.3. The van der Waals surface area contributed by atoms with Crippen molar-refractivity contribution in [1.29, 1.82) is 0 Å². The van der Waals surface area contributed by atoms with Gasteiger partial charge in [0.15, 0.2) is 0 Å². The van der Waals surface area contributed by atoms with Crippen molar-refractivity contribution in [3.05, 3.63) is 54.0 Å². The molecule has 1 aromatic heterocycles. The van der Waals surface area contributed by atoms with Gasteiger partial charge in [-0.15, -0.1) is 0 Å². The van der Waals surface area contributed by atoms with Gasteiger partial charge in [0.2, 0.25) is 11.8 Å². The average molecular weight is 344 g/mol. The van der Waals surface area contributed by atoms with Crippen LogP contribution in [0.25, 0.3) is 0 Å². The predicted molar refractivity (Wildman–Crippen MR) is 95.0 cm³/mol. The number of anilines is 1. The molecular formula is C18H20N2O3S. The Hall–Kier alpha value is -2.21. The molecule has 24 heavy (non-hydrogen) atoms. The Morgan fingerprint density at radius 1 is 1.29 bits per heavy atom. The van der Waals surface area contributed by atoms with Crippen molar-refractivity contribution in [2.75, 3.05) is 17.2 Å². The lowest BCUT2D eigenvalue weighted by atomic mass is 10.1. The summed E-state index contributed by atoms with van der Waals surface area (Å²) in [7, 11) is 0. The highest BCUT2D eigenvalue weighted by Crippen LogP contribution is 2.32. The Balaban J connectivity index is 1.50. The molecule has 0 spiro atoms. The molecule has 3 rings (SSSR count). The van der Waals surface area contributed by atoms with Gasteiger partial charge in [0, 0.05) is 31.3 Å². The van der Waals surface area contributed by atoms with Crippen LogP contribution in [0.4, 0.5) is 5.69 Å². The molecule has 1 aliphatic heterocycles. The Bertz CT molecular complexity index is 715. The van der Waals surface area contributed by atoms with Crippen LogP contribution in [0.1, 0.15) is 18.2 Å². The number of amides is 2. The maximum atomic E-state index is 12.5. The molecule has 2 amide bonds. The van der Waals surface area contributed by atoms with Crippen LogP contribution in [-0.4, -0.2) is 30.2 Å². The van der Waals surface area contributed by atoms with Gasteiger partial charge in [-0.3, -0.25) is 14.5 Å². The number of benzene rings is 1. The molecule has 1 N–H and O–H groups in total. The first-order valence-electron chi connectivity index (χ1n) is 7.92. The number of nitrogens with one attached hydrogen (secondary N) is 1. The molecule has 0 radical (unpaired) electrons. The number of fused-ring (bicyclic) bond motifs is 1. The van der Waals surface area contributed by atoms with Crippen molar-refractivity contribution in [1.82, 2.24) is 5.32 Å². The van der Waals surface area contributed by atoms with Crippen molar-refractivity contribution in [3.63, 3.8) is 0 Å². The van der Waals surface area contributed by atoms with Crippen molar-refractivity contribution in [2.45, 2.75) is 25.1 Å². The summed E-state index contributed by atoms with van der Waals surface area (Å²) in [4.78, 5) is 26.0. The van der Waals surface area contributed by atoms with E-state index in [1.807, 2.05) is 36.4 Å². The average Bonchev–Trinajstić information content (AvgIpc) is 3.21. The number of nitrogens with zero attached hydrogens (tertiary/aromatic N) is 1. The van der Waals surface area contributed by atoms with Crippen LogP contribution in [0, 0.1) is 0 Å². The number of hydrogen-bond donors (Lipinski definition) is 1. The summed E-state index contributed by atoms with van der Waals surface area (Å²) >= 11 is 1.70. The van der Waals surface area contributed by atoms with E-state index in [9.17, 15) is 9.59 Å². The van der Waals surface area contributed by atoms with Gasteiger partial charge in [-0.2, -0.15) is 11.8 Å². The molecule has 0 fully saturated rings. The summed E-state index contributed by atoms with van der Waals surface area (Å²) in [5, 5.41) is 2.94. The second-order valence-corrected chi connectivity index (χ2v) is 6.77. The van der Waals surface area contributed by atoms with E-state index in [1.165, 1.54) is 6.92 Å². The molecule has 1 aliphatic rings. The van der Waals surface area contributed by atoms with Crippen LogP contribution in [0.2, 0.25) is 0 Å². The summed E-state index contributed by atoms with van der Waals surface area (Å²) < 4.78 is 5.27. The van der Waals surface area contributed by atoms with Crippen molar-refractivity contribution >= 4 is 29.3 Å². The summed E-state index contributed by atoms with van der Waals surface area (Å²) in [6.45, 7) is 2.07. The van der Waals surface area contributed by atoms with E-state index in [0.29, 0.717) is 13.0 Å². The third kappa shape index (κ3) is 3.64. The topological polar surface area (TPSA) is 62.6 Å². The Labute approximate surface area is 145 Å². The van der Waals surface area contributed by atoms with Gasteiger partial charge in [0.25, 0.3) is 0 Å². The SMILES string of the molecule is CC(=O)N1c2ccccc2C[C@@H]1C(=O)NCCSCc1ccco1. The summed E-state index contributed by atoms with van der Waals surface area (Å²) in [5.74, 6) is 2.32. The first kappa shape index (κ1) is 16.6. The molecule has 5 nitrogen and oxygen atoms in total. The normalized spacial score (nSPS) is 16.0. The standard InChI is InChI=1S/C18H20N2O3S/c1-13(21)20-16-7-3-2-5-14(16)11-17(20)18(22)19-8-10-24-12-15-6-4-9-23-15/h2-7,9,17H,8,10-12H2,1H3,(H,19,22)/t17-/m1/s1. The zero-order chi connectivity index (χ0) is 16.9. The van der Waals surface area contributed by atoms with E-state index < -0.39 is 6.04 Å². The fraction of sp³-hybridized carbons (Fsp3) is 0.333. The van der Waals surface area contributed by atoms with Gasteiger partial charge < -0.3 is 9.73 Å². The molecule has 1 atom stereocenters. The summed E-state index contributed by atoms with van der Waals surface area (Å²) in [6, 6.07) is 11.0. The van der Waals surface area contributed by atoms with E-state index in [-0.39, 0.29) is 11.8 Å². The van der Waals surface area contributed by atoms with E-state index in [0.717, 1.165) is 28.5 Å². The van der Waals surface area contributed by atoms with Crippen LogP contribution >= 0.6 is 11.8 Å². The third-order valence-electron chi connectivity index (χ3n) is 3.99. The largest absolute Gasteiger partial charge is 0.468 e. The second kappa shape index (κ2) is 7.57. The Morgan fingerprint density at radius 3 is 2.88 bits per heavy atom. The van der Waals surface area contributed by atoms with Gasteiger partial charge in [0.1, 0.15) is 11.8 Å². The molecule has 6 heteroatoms. The molecule has 126 valence electrons. The fourth-order valence-corrected chi connectivity index (χ4v) is 3.67. The predicted octanol–water partition coefficient (Wildman–Crippen LogP) is 2.61. The van der Waals surface area contributed by atoms with Crippen LogP contribution in [0.15, 0.2) is 47.1 Å². The molecule has 0 aliphatic carbocycles. The van der Waals surface area contributed by atoms with Crippen molar-refractivity contribution in [3.8, 4) is 0 Å². The molecule has 0 bridgehead atoms. The molecular weight excluding hydrogens is 324 g/mol. The van der Waals surface area contributed by atoms with Gasteiger partial charge >= 0.3 is 0 Å². The van der Waals surface area contributed by atoms with Crippen LogP contribution in [0.5, 0.6) is 0 Å². The first-order chi connectivity index (χ1) is 11.7. The number of carbonyl (C=O) groups excluding carboxylic acids is 2. The lowest BCUT2D eigenvalue weighted by Gasteiger charge is -2.23. The maximum Gasteiger partial charge on any atom is 0.243 e. The number of rotatable bonds is 6. The van der Waals surface area contributed by atoms with Crippen LogP contribution in [0.3, 0.4) is 0 Å². The monoisotopic (exact) mass is 344 g/mol. The van der Waals surface area contributed by atoms with Crippen LogP contribution < -0.4 is 10.2 Å². The maximum absolute atomic E-state index is 12.5. The molecule has 1 aromatic carbocycles. The highest BCUT2D eigenvalue weighted by Gasteiger charge is 2.36. The van der Waals surface area contributed by atoms with E-state index in [4.69, 9.17) is 4.42 Å². The number of carbonyl (C=O) groups is 2. The Kier molecular flexibility index (Phi) is 5.25. The number of para-hydroxylation sites is 1. The number of hydrogen-bond acceptors (Lipinski definition) is 4. The third-order valence-corrected chi connectivity index (χ3v) is 4.97. The summed E-state index contributed by atoms with van der Waals surface area (Å²) in [6.07, 6.45) is 2.23. The highest BCUT2D eigenvalue weighted by atomic mass is 32.2. The van der Waals surface area contributed by atoms with Gasteiger partial charge in [-0.05, 0) is 23.8 Å². The molecule has 0 unspecified atom stereocenters. The quantitative estimate of drug-likeness (QED) is 0.818. The molecule has 0 saturated heterocycles. The van der Waals surface area contributed by atoms with Crippen molar-refractivity contribution < 1.29 is 14.0 Å². The van der Waals surface area contributed by atoms with Crippen LogP contribution in [-0.2, 0) is 21.8 Å².